The van der Waals surface area contributed by atoms with Gasteiger partial charge in [-0.2, -0.15) is 0 Å². The van der Waals surface area contributed by atoms with Gasteiger partial charge >= 0.3 is 0 Å². The Morgan fingerprint density at radius 3 is 2.71 bits per heavy atom. The summed E-state index contributed by atoms with van der Waals surface area (Å²) in [5, 5.41) is 6.23. The van der Waals surface area contributed by atoms with Crippen molar-refractivity contribution in [3.63, 3.8) is 0 Å². The number of hydrogen-bond acceptors (Lipinski definition) is 4. The quantitative estimate of drug-likeness (QED) is 0.750. The molecule has 1 atom stereocenters. The Morgan fingerprint density at radius 2 is 1.88 bits per heavy atom. The third-order valence-electron chi connectivity index (χ3n) is 2.84. The molecule has 1 unspecified atom stereocenters. The van der Waals surface area contributed by atoms with Crippen molar-refractivity contribution in [2.24, 2.45) is 5.73 Å². The Bertz CT molecular complexity index is 629. The Labute approximate surface area is 103 Å². The fraction of sp³-hybridized carbons (Fsp3) is 0.0769. The van der Waals surface area contributed by atoms with Gasteiger partial charge in [-0.3, -0.25) is 0 Å². The van der Waals surface area contributed by atoms with Crippen LogP contribution in [0.3, 0.4) is 0 Å². The van der Waals surface area contributed by atoms with Crippen molar-refractivity contribution in [2.45, 2.75) is 6.04 Å². The molecule has 0 radical (unpaired) electrons. The Morgan fingerprint density at radius 1 is 1.06 bits per heavy atom. The lowest BCUT2D eigenvalue weighted by molar-refractivity contribution is 0.898. The maximum atomic E-state index is 6.26. The molecule has 0 aliphatic carbocycles. The van der Waals surface area contributed by atoms with Crippen molar-refractivity contribution < 1.29 is 0 Å². The largest absolute Gasteiger partial charge is 0.319 e. The van der Waals surface area contributed by atoms with Crippen LogP contribution in [0.1, 0.15) is 16.5 Å². The molecule has 2 N–H and O–H groups in total. The van der Waals surface area contributed by atoms with Crippen LogP contribution in [0.15, 0.2) is 48.7 Å². The predicted molar refractivity (Wildman–Crippen MR) is 69.9 cm³/mol. The molecule has 3 rings (SSSR count). The fourth-order valence-corrected chi connectivity index (χ4v) is 2.51. The lowest BCUT2D eigenvalue weighted by Gasteiger charge is -2.12. The molecule has 0 aliphatic rings. The van der Waals surface area contributed by atoms with E-state index in [1.165, 1.54) is 22.3 Å². The standard InChI is InChI=1S/C13H11N3S/c14-13(12-8-15-16-17-12)11-7-3-5-9-4-1-2-6-10(9)11/h1-8,13H,14H2. The van der Waals surface area contributed by atoms with Crippen LogP contribution in [-0.2, 0) is 0 Å². The van der Waals surface area contributed by atoms with Crippen LogP contribution in [0.5, 0.6) is 0 Å². The molecule has 4 heteroatoms. The molecule has 0 saturated carbocycles. The van der Waals surface area contributed by atoms with Gasteiger partial charge in [0.15, 0.2) is 0 Å². The first-order chi connectivity index (χ1) is 8.36. The zero-order chi connectivity index (χ0) is 11.7. The molecule has 84 valence electrons. The molecule has 2 aromatic carbocycles. The molecule has 17 heavy (non-hydrogen) atoms. The molecule has 0 fully saturated rings. The number of nitrogens with zero attached hydrogens (tertiary/aromatic N) is 2. The Hall–Kier alpha value is -1.78. The molecule has 0 aliphatic heterocycles. The molecule has 0 saturated heterocycles. The van der Waals surface area contributed by atoms with Crippen LogP contribution < -0.4 is 5.73 Å². The monoisotopic (exact) mass is 241 g/mol. The first-order valence-electron chi connectivity index (χ1n) is 5.37. The van der Waals surface area contributed by atoms with Gasteiger partial charge in [0.25, 0.3) is 0 Å². The van der Waals surface area contributed by atoms with Gasteiger partial charge in [-0.05, 0) is 27.9 Å². The molecular weight excluding hydrogens is 230 g/mol. The number of nitrogens with two attached hydrogens (primary N) is 1. The summed E-state index contributed by atoms with van der Waals surface area (Å²) in [6.45, 7) is 0. The molecule has 0 amide bonds. The van der Waals surface area contributed by atoms with E-state index in [9.17, 15) is 0 Å². The number of fused-ring (bicyclic) bond motifs is 1. The van der Waals surface area contributed by atoms with Crippen molar-refractivity contribution >= 4 is 22.3 Å². The lowest BCUT2D eigenvalue weighted by atomic mass is 9.99. The van der Waals surface area contributed by atoms with E-state index in [4.69, 9.17) is 5.73 Å². The second-order valence-electron chi connectivity index (χ2n) is 3.87. The van der Waals surface area contributed by atoms with Crippen LogP contribution in [0.2, 0.25) is 0 Å². The smallest absolute Gasteiger partial charge is 0.0684 e. The summed E-state index contributed by atoms with van der Waals surface area (Å²) in [5.41, 5.74) is 7.38. The van der Waals surface area contributed by atoms with Gasteiger partial charge in [0, 0.05) is 0 Å². The summed E-state index contributed by atoms with van der Waals surface area (Å²) in [6, 6.07) is 14.3. The Kier molecular flexibility index (Phi) is 2.59. The summed E-state index contributed by atoms with van der Waals surface area (Å²) in [5.74, 6) is 0. The maximum Gasteiger partial charge on any atom is 0.0684 e. The van der Waals surface area contributed by atoms with E-state index in [0.717, 1.165) is 10.4 Å². The van der Waals surface area contributed by atoms with Gasteiger partial charge in [0.2, 0.25) is 0 Å². The van der Waals surface area contributed by atoms with E-state index in [1.807, 2.05) is 18.2 Å². The predicted octanol–water partition coefficient (Wildman–Crippen LogP) is 2.74. The Balaban J connectivity index is 2.17. The molecule has 0 spiro atoms. The van der Waals surface area contributed by atoms with Gasteiger partial charge in [-0.15, -0.1) is 5.10 Å². The summed E-state index contributed by atoms with van der Waals surface area (Å²) in [6.07, 6.45) is 1.73. The number of hydrogen-bond donors (Lipinski definition) is 1. The summed E-state index contributed by atoms with van der Waals surface area (Å²) < 4.78 is 3.86. The third kappa shape index (κ3) is 1.81. The van der Waals surface area contributed by atoms with Gasteiger partial charge in [-0.25, -0.2) is 0 Å². The summed E-state index contributed by atoms with van der Waals surface area (Å²) in [7, 11) is 0. The summed E-state index contributed by atoms with van der Waals surface area (Å²) in [4.78, 5) is 0.987. The van der Waals surface area contributed by atoms with Gasteiger partial charge < -0.3 is 5.73 Å². The highest BCUT2D eigenvalue weighted by Gasteiger charge is 2.13. The average Bonchev–Trinajstić information content (AvgIpc) is 2.91. The van der Waals surface area contributed by atoms with E-state index in [-0.39, 0.29) is 6.04 Å². The van der Waals surface area contributed by atoms with Crippen LogP contribution in [-0.4, -0.2) is 9.59 Å². The minimum Gasteiger partial charge on any atom is -0.319 e. The van der Waals surface area contributed by atoms with E-state index in [2.05, 4.69) is 33.9 Å². The van der Waals surface area contributed by atoms with Gasteiger partial charge in [0.05, 0.1) is 17.1 Å². The summed E-state index contributed by atoms with van der Waals surface area (Å²) >= 11 is 1.35. The highest BCUT2D eigenvalue weighted by Crippen LogP contribution is 2.28. The SMILES string of the molecule is NC(c1cnns1)c1cccc2ccccc12. The minimum atomic E-state index is -0.152. The molecule has 3 aromatic rings. The zero-order valence-corrected chi connectivity index (χ0v) is 9.89. The first-order valence-corrected chi connectivity index (χ1v) is 6.14. The number of rotatable bonds is 2. The molecular formula is C13H11N3S. The highest BCUT2D eigenvalue weighted by molar-refractivity contribution is 7.05. The lowest BCUT2D eigenvalue weighted by Crippen LogP contribution is -2.10. The van der Waals surface area contributed by atoms with E-state index < -0.39 is 0 Å². The molecule has 1 heterocycles. The van der Waals surface area contributed by atoms with Crippen molar-refractivity contribution in [1.29, 1.82) is 0 Å². The van der Waals surface area contributed by atoms with Crippen LogP contribution in [0.4, 0.5) is 0 Å². The average molecular weight is 241 g/mol. The van der Waals surface area contributed by atoms with Crippen LogP contribution >= 0.6 is 11.5 Å². The maximum absolute atomic E-state index is 6.26. The molecule has 1 aromatic heterocycles. The second kappa shape index (κ2) is 4.24. The van der Waals surface area contributed by atoms with E-state index in [0.29, 0.717) is 0 Å². The fourth-order valence-electron chi connectivity index (χ4n) is 1.99. The highest BCUT2D eigenvalue weighted by atomic mass is 32.1. The normalized spacial score (nSPS) is 12.8. The van der Waals surface area contributed by atoms with Gasteiger partial charge in [-0.1, -0.05) is 47.0 Å². The zero-order valence-electron chi connectivity index (χ0n) is 9.08. The van der Waals surface area contributed by atoms with Crippen LogP contribution in [0, 0.1) is 0 Å². The van der Waals surface area contributed by atoms with Crippen molar-refractivity contribution in [1.82, 2.24) is 9.59 Å². The third-order valence-corrected chi connectivity index (χ3v) is 3.59. The van der Waals surface area contributed by atoms with Crippen molar-refractivity contribution in [3.05, 3.63) is 59.1 Å². The van der Waals surface area contributed by atoms with E-state index in [1.54, 1.807) is 6.20 Å². The number of aromatic nitrogens is 2. The molecule has 0 bridgehead atoms. The van der Waals surface area contributed by atoms with Crippen molar-refractivity contribution in [3.8, 4) is 0 Å². The van der Waals surface area contributed by atoms with Gasteiger partial charge in [0.1, 0.15) is 0 Å². The van der Waals surface area contributed by atoms with E-state index >= 15 is 0 Å². The first kappa shape index (κ1) is 10.4. The van der Waals surface area contributed by atoms with Crippen LogP contribution in [0.25, 0.3) is 10.8 Å². The molecule has 3 nitrogen and oxygen atoms in total. The second-order valence-corrected chi connectivity index (χ2v) is 4.68. The van der Waals surface area contributed by atoms with Crippen molar-refractivity contribution in [2.75, 3.05) is 0 Å². The number of benzene rings is 2. The topological polar surface area (TPSA) is 51.8 Å². The minimum absolute atomic E-state index is 0.152.